The van der Waals surface area contributed by atoms with E-state index in [4.69, 9.17) is 4.74 Å². The van der Waals surface area contributed by atoms with Gasteiger partial charge >= 0.3 is 0 Å². The largest absolute Gasteiger partial charge is 0.389 e. The molecule has 1 amide bonds. The Hall–Kier alpha value is -2.18. The number of carbonyl (C=O) groups excluding carboxylic acids is 1. The molecule has 6 nitrogen and oxygen atoms in total. The van der Waals surface area contributed by atoms with Crippen LogP contribution in [0, 0.1) is 5.92 Å². The standard InChI is InChI=1S/C17H21N3O3/c21-14(11-23-10-12-6-7-12)8-18-17(22)15-9-19-20-16(15)13-4-2-1-3-5-13/h1-5,9,12,14,21H,6-8,10-11H2,(H,18,22)(H,19,20). The van der Waals surface area contributed by atoms with Crippen LogP contribution in [0.1, 0.15) is 23.2 Å². The molecule has 0 spiro atoms. The quantitative estimate of drug-likeness (QED) is 0.690. The topological polar surface area (TPSA) is 87.2 Å². The molecular formula is C17H21N3O3. The maximum absolute atomic E-state index is 12.3. The zero-order valence-corrected chi connectivity index (χ0v) is 12.9. The van der Waals surface area contributed by atoms with Crippen LogP contribution in [0.3, 0.4) is 0 Å². The van der Waals surface area contributed by atoms with Gasteiger partial charge in [-0.3, -0.25) is 9.89 Å². The minimum Gasteiger partial charge on any atom is -0.389 e. The van der Waals surface area contributed by atoms with E-state index in [0.29, 0.717) is 23.8 Å². The third-order valence-electron chi connectivity index (χ3n) is 3.81. The summed E-state index contributed by atoms with van der Waals surface area (Å²) in [5.74, 6) is 0.398. The van der Waals surface area contributed by atoms with E-state index in [-0.39, 0.29) is 19.1 Å². The fraction of sp³-hybridized carbons (Fsp3) is 0.412. The maximum Gasteiger partial charge on any atom is 0.255 e. The summed E-state index contributed by atoms with van der Waals surface area (Å²) in [6.07, 6.45) is 3.23. The SMILES string of the molecule is O=C(NCC(O)COCC1CC1)c1cn[nH]c1-c1ccccc1. The Morgan fingerprint density at radius 3 is 2.91 bits per heavy atom. The summed E-state index contributed by atoms with van der Waals surface area (Å²) in [7, 11) is 0. The molecule has 23 heavy (non-hydrogen) atoms. The molecule has 1 aromatic heterocycles. The van der Waals surface area contributed by atoms with Gasteiger partial charge < -0.3 is 15.2 Å². The molecule has 3 N–H and O–H groups in total. The molecule has 1 aliphatic carbocycles. The van der Waals surface area contributed by atoms with Crippen molar-refractivity contribution >= 4 is 5.91 Å². The fourth-order valence-electron chi connectivity index (χ4n) is 2.30. The van der Waals surface area contributed by atoms with Crippen LogP contribution in [0.15, 0.2) is 36.5 Å². The lowest BCUT2D eigenvalue weighted by Crippen LogP contribution is -2.34. The summed E-state index contributed by atoms with van der Waals surface area (Å²) in [5.41, 5.74) is 2.02. The molecule has 122 valence electrons. The maximum atomic E-state index is 12.3. The summed E-state index contributed by atoms with van der Waals surface area (Å²) < 4.78 is 5.42. The second kappa shape index (κ2) is 7.39. The fourth-order valence-corrected chi connectivity index (χ4v) is 2.30. The van der Waals surface area contributed by atoms with Gasteiger partial charge in [-0.05, 0) is 18.8 Å². The Balaban J connectivity index is 1.51. The number of aliphatic hydroxyl groups excluding tert-OH is 1. The van der Waals surface area contributed by atoms with Gasteiger partial charge in [0.25, 0.3) is 5.91 Å². The molecule has 1 fully saturated rings. The lowest BCUT2D eigenvalue weighted by Gasteiger charge is -2.12. The normalized spacial score (nSPS) is 15.3. The van der Waals surface area contributed by atoms with Crippen LogP contribution < -0.4 is 5.32 Å². The predicted octanol–water partition coefficient (Wildman–Crippen LogP) is 1.59. The highest BCUT2D eigenvalue weighted by Crippen LogP contribution is 2.28. The van der Waals surface area contributed by atoms with Gasteiger partial charge in [0.05, 0.1) is 30.2 Å². The number of rotatable bonds is 8. The van der Waals surface area contributed by atoms with Crippen molar-refractivity contribution in [3.8, 4) is 11.3 Å². The van der Waals surface area contributed by atoms with Crippen molar-refractivity contribution in [2.75, 3.05) is 19.8 Å². The number of aromatic amines is 1. The smallest absolute Gasteiger partial charge is 0.255 e. The highest BCUT2D eigenvalue weighted by atomic mass is 16.5. The van der Waals surface area contributed by atoms with Gasteiger partial charge in [-0.15, -0.1) is 0 Å². The van der Waals surface area contributed by atoms with E-state index >= 15 is 0 Å². The van der Waals surface area contributed by atoms with Crippen molar-refractivity contribution in [1.29, 1.82) is 0 Å². The Morgan fingerprint density at radius 1 is 1.39 bits per heavy atom. The summed E-state index contributed by atoms with van der Waals surface area (Å²) in [5, 5.41) is 19.4. The molecule has 1 unspecified atom stereocenters. The highest BCUT2D eigenvalue weighted by molar-refractivity contribution is 5.99. The van der Waals surface area contributed by atoms with Crippen molar-refractivity contribution in [3.63, 3.8) is 0 Å². The predicted molar refractivity (Wildman–Crippen MR) is 85.9 cm³/mol. The van der Waals surface area contributed by atoms with Crippen LogP contribution in [-0.4, -0.2) is 47.1 Å². The number of nitrogens with one attached hydrogen (secondary N) is 2. The second-order valence-corrected chi connectivity index (χ2v) is 5.87. The van der Waals surface area contributed by atoms with Crippen LogP contribution in [0.25, 0.3) is 11.3 Å². The van der Waals surface area contributed by atoms with Gasteiger partial charge in [-0.25, -0.2) is 0 Å². The molecule has 6 heteroatoms. The summed E-state index contributed by atoms with van der Waals surface area (Å²) in [6, 6.07) is 9.53. The molecule has 0 bridgehead atoms. The number of hydrogen-bond acceptors (Lipinski definition) is 4. The second-order valence-electron chi connectivity index (χ2n) is 5.87. The molecule has 1 saturated carbocycles. The van der Waals surface area contributed by atoms with E-state index in [9.17, 15) is 9.90 Å². The third kappa shape index (κ3) is 4.40. The van der Waals surface area contributed by atoms with Gasteiger partial charge in [0.1, 0.15) is 0 Å². The number of aliphatic hydroxyl groups is 1. The average molecular weight is 315 g/mol. The minimum absolute atomic E-state index is 0.156. The van der Waals surface area contributed by atoms with Crippen LogP contribution in [0.5, 0.6) is 0 Å². The first-order chi connectivity index (χ1) is 11.2. The van der Waals surface area contributed by atoms with Crippen LogP contribution in [0.2, 0.25) is 0 Å². The lowest BCUT2D eigenvalue weighted by atomic mass is 10.1. The number of amides is 1. The first-order valence-corrected chi connectivity index (χ1v) is 7.87. The molecule has 0 radical (unpaired) electrons. The summed E-state index contributed by atoms with van der Waals surface area (Å²) >= 11 is 0. The first kappa shape index (κ1) is 15.7. The summed E-state index contributed by atoms with van der Waals surface area (Å²) in [6.45, 7) is 1.10. The Kier molecular flexibility index (Phi) is 5.05. The average Bonchev–Trinajstić information content (AvgIpc) is 3.26. The summed E-state index contributed by atoms with van der Waals surface area (Å²) in [4.78, 5) is 12.3. The van der Waals surface area contributed by atoms with E-state index in [2.05, 4.69) is 15.5 Å². The van der Waals surface area contributed by atoms with Crippen LogP contribution in [-0.2, 0) is 4.74 Å². The first-order valence-electron chi connectivity index (χ1n) is 7.87. The van der Waals surface area contributed by atoms with Crippen molar-refractivity contribution < 1.29 is 14.6 Å². The van der Waals surface area contributed by atoms with Gasteiger partial charge in [0, 0.05) is 18.7 Å². The van der Waals surface area contributed by atoms with Crippen LogP contribution in [0.4, 0.5) is 0 Å². The highest BCUT2D eigenvalue weighted by Gasteiger charge is 2.22. The number of carbonyl (C=O) groups is 1. The molecule has 1 heterocycles. The number of ether oxygens (including phenoxy) is 1. The van der Waals surface area contributed by atoms with E-state index in [0.717, 1.165) is 5.56 Å². The van der Waals surface area contributed by atoms with E-state index in [1.165, 1.54) is 19.0 Å². The van der Waals surface area contributed by atoms with Gasteiger partial charge in [0.15, 0.2) is 0 Å². The molecule has 2 aromatic rings. The van der Waals surface area contributed by atoms with Crippen molar-refractivity contribution in [2.24, 2.45) is 5.92 Å². The minimum atomic E-state index is -0.704. The van der Waals surface area contributed by atoms with E-state index in [1.54, 1.807) is 0 Å². The van der Waals surface area contributed by atoms with Gasteiger partial charge in [-0.1, -0.05) is 30.3 Å². The number of aromatic nitrogens is 2. The Labute approximate surface area is 134 Å². The lowest BCUT2D eigenvalue weighted by molar-refractivity contribution is 0.0321. The monoisotopic (exact) mass is 315 g/mol. The Bertz CT molecular complexity index is 638. The molecule has 1 atom stereocenters. The van der Waals surface area contributed by atoms with Crippen molar-refractivity contribution in [1.82, 2.24) is 15.5 Å². The molecule has 3 rings (SSSR count). The molecule has 0 aliphatic heterocycles. The van der Waals surface area contributed by atoms with E-state index in [1.807, 2.05) is 30.3 Å². The van der Waals surface area contributed by atoms with Gasteiger partial charge in [-0.2, -0.15) is 5.10 Å². The number of benzene rings is 1. The third-order valence-corrected chi connectivity index (χ3v) is 3.81. The Morgan fingerprint density at radius 2 is 2.17 bits per heavy atom. The zero-order chi connectivity index (χ0) is 16.1. The van der Waals surface area contributed by atoms with Crippen molar-refractivity contribution in [3.05, 3.63) is 42.1 Å². The number of H-pyrrole nitrogens is 1. The molecule has 1 aliphatic rings. The number of nitrogens with zero attached hydrogens (tertiary/aromatic N) is 1. The van der Waals surface area contributed by atoms with Crippen molar-refractivity contribution in [2.45, 2.75) is 18.9 Å². The molecule has 1 aromatic carbocycles. The molecule has 0 saturated heterocycles. The number of hydrogen-bond donors (Lipinski definition) is 3. The van der Waals surface area contributed by atoms with E-state index < -0.39 is 6.10 Å². The van der Waals surface area contributed by atoms with Gasteiger partial charge in [0.2, 0.25) is 0 Å². The molecular weight excluding hydrogens is 294 g/mol. The van der Waals surface area contributed by atoms with Crippen LogP contribution >= 0.6 is 0 Å². The zero-order valence-electron chi connectivity index (χ0n) is 12.9.